The van der Waals surface area contributed by atoms with Crippen LogP contribution in [0.15, 0.2) is 60.9 Å². The highest BCUT2D eigenvalue weighted by Crippen LogP contribution is 2.23. The van der Waals surface area contributed by atoms with Crippen LogP contribution in [0, 0.1) is 0 Å². The summed E-state index contributed by atoms with van der Waals surface area (Å²) in [5.74, 6) is -1.94. The number of H-pyrrole nitrogens is 2. The van der Waals surface area contributed by atoms with E-state index in [1.54, 1.807) is 6.20 Å². The third-order valence-corrected chi connectivity index (χ3v) is 8.87. The van der Waals surface area contributed by atoms with E-state index in [-0.39, 0.29) is 12.3 Å². The van der Waals surface area contributed by atoms with Gasteiger partial charge in [-0.3, -0.25) is 14.4 Å². The lowest BCUT2D eigenvalue weighted by Crippen LogP contribution is -2.57. The number of nitrogens with one attached hydrogen (secondary N) is 4. The molecular formula is C32H38N6O5S. The van der Waals surface area contributed by atoms with Crippen molar-refractivity contribution in [3.63, 3.8) is 0 Å². The molecule has 4 aromatic rings. The number of aliphatic carboxylic acids is 1. The number of nitrogens with zero attached hydrogens (tertiary/aromatic N) is 1. The van der Waals surface area contributed by atoms with E-state index in [1.807, 2.05) is 61.0 Å². The quantitative estimate of drug-likeness (QED) is 0.134. The Morgan fingerprint density at radius 3 is 2.18 bits per heavy atom. The first-order chi connectivity index (χ1) is 21.3. The topological polar surface area (TPSA) is 173 Å². The van der Waals surface area contributed by atoms with Gasteiger partial charge in [0.25, 0.3) is 0 Å². The van der Waals surface area contributed by atoms with E-state index < -0.39 is 42.0 Å². The van der Waals surface area contributed by atoms with Crippen LogP contribution in [0.1, 0.15) is 30.4 Å². The second-order valence-electron chi connectivity index (χ2n) is 11.2. The number of thioether (sulfide) groups is 1. The van der Waals surface area contributed by atoms with E-state index in [2.05, 4.69) is 20.6 Å². The lowest BCUT2D eigenvalue weighted by molar-refractivity contribution is -0.143. The Morgan fingerprint density at radius 1 is 0.955 bits per heavy atom. The molecule has 1 saturated heterocycles. The fourth-order valence-electron chi connectivity index (χ4n) is 5.91. The zero-order chi connectivity index (χ0) is 31.2. The molecule has 3 heterocycles. The lowest BCUT2D eigenvalue weighted by atomic mass is 10.0. The predicted molar refractivity (Wildman–Crippen MR) is 171 cm³/mol. The third-order valence-electron chi connectivity index (χ3n) is 8.23. The minimum Gasteiger partial charge on any atom is -0.480 e. The summed E-state index contributed by atoms with van der Waals surface area (Å²) in [4.78, 5) is 60.4. The molecule has 11 nitrogen and oxygen atoms in total. The summed E-state index contributed by atoms with van der Waals surface area (Å²) in [6.45, 7) is 0.395. The van der Waals surface area contributed by atoms with Gasteiger partial charge in [-0.05, 0) is 61.0 Å². The molecule has 12 heteroatoms. The summed E-state index contributed by atoms with van der Waals surface area (Å²) in [6.07, 6.45) is 7.27. The number of carbonyl (C=O) groups is 4. The zero-order valence-corrected chi connectivity index (χ0v) is 25.4. The second-order valence-corrected chi connectivity index (χ2v) is 12.2. The molecule has 232 valence electrons. The summed E-state index contributed by atoms with van der Waals surface area (Å²) in [6, 6.07) is 11.6. The van der Waals surface area contributed by atoms with Crippen molar-refractivity contribution in [3.8, 4) is 0 Å². The van der Waals surface area contributed by atoms with E-state index >= 15 is 0 Å². The Labute approximate surface area is 259 Å². The second kappa shape index (κ2) is 14.0. The van der Waals surface area contributed by atoms with E-state index in [1.165, 1.54) is 16.7 Å². The van der Waals surface area contributed by atoms with E-state index in [0.717, 1.165) is 32.9 Å². The van der Waals surface area contributed by atoms with Crippen molar-refractivity contribution in [3.05, 3.63) is 72.1 Å². The number of fused-ring (bicyclic) bond motifs is 2. The summed E-state index contributed by atoms with van der Waals surface area (Å²) in [5, 5.41) is 17.3. The highest BCUT2D eigenvalue weighted by Gasteiger charge is 2.38. The number of carboxylic acids is 1. The van der Waals surface area contributed by atoms with Gasteiger partial charge in [0.05, 0.1) is 6.04 Å². The van der Waals surface area contributed by atoms with Crippen molar-refractivity contribution in [2.24, 2.45) is 5.73 Å². The minimum atomic E-state index is -1.19. The number of aromatic nitrogens is 2. The Hall–Kier alpha value is -4.29. The Morgan fingerprint density at radius 2 is 1.57 bits per heavy atom. The SMILES string of the molecule is CSCCC(NC(=O)C1CCCN1C(=O)C(N)Cc1c[nH]c2ccccc12)C(=O)NC(Cc1c[nH]c2ccccc12)C(=O)O. The Bertz CT molecular complexity index is 1650. The van der Waals surface area contributed by atoms with Crippen molar-refractivity contribution in [1.29, 1.82) is 0 Å². The van der Waals surface area contributed by atoms with E-state index in [0.29, 0.717) is 38.0 Å². The Balaban J connectivity index is 1.24. The van der Waals surface area contributed by atoms with Crippen LogP contribution < -0.4 is 16.4 Å². The number of rotatable bonds is 13. The molecule has 7 N–H and O–H groups in total. The molecule has 2 aromatic heterocycles. The van der Waals surface area contributed by atoms with Crippen molar-refractivity contribution >= 4 is 57.3 Å². The largest absolute Gasteiger partial charge is 0.480 e. The van der Waals surface area contributed by atoms with Crippen LogP contribution in [0.5, 0.6) is 0 Å². The highest BCUT2D eigenvalue weighted by molar-refractivity contribution is 7.98. The summed E-state index contributed by atoms with van der Waals surface area (Å²) >= 11 is 1.51. The highest BCUT2D eigenvalue weighted by atomic mass is 32.2. The van der Waals surface area contributed by atoms with Crippen LogP contribution in [-0.4, -0.2) is 86.4 Å². The lowest BCUT2D eigenvalue weighted by Gasteiger charge is -2.28. The van der Waals surface area contributed by atoms with Crippen molar-refractivity contribution in [1.82, 2.24) is 25.5 Å². The fraction of sp³-hybridized carbons (Fsp3) is 0.375. The molecular weight excluding hydrogens is 580 g/mol. The first-order valence-corrected chi connectivity index (χ1v) is 16.1. The number of nitrogens with two attached hydrogens (primary N) is 1. The van der Waals surface area contributed by atoms with Crippen LogP contribution in [0.25, 0.3) is 21.8 Å². The number of carboxylic acid groups (broad SMARTS) is 1. The van der Waals surface area contributed by atoms with Gasteiger partial charge in [0, 0.05) is 47.2 Å². The molecule has 0 bridgehead atoms. The van der Waals surface area contributed by atoms with E-state index in [4.69, 9.17) is 5.73 Å². The number of benzene rings is 2. The fourth-order valence-corrected chi connectivity index (χ4v) is 6.38. The average Bonchev–Trinajstić information content (AvgIpc) is 3.77. The molecule has 0 aliphatic carbocycles. The Kier molecular flexibility index (Phi) is 9.91. The first kappa shape index (κ1) is 31.1. The molecule has 5 rings (SSSR count). The van der Waals surface area contributed by atoms with Gasteiger partial charge in [-0.2, -0.15) is 11.8 Å². The van der Waals surface area contributed by atoms with Crippen molar-refractivity contribution in [2.75, 3.05) is 18.6 Å². The molecule has 44 heavy (non-hydrogen) atoms. The molecule has 2 aromatic carbocycles. The molecule has 1 fully saturated rings. The van der Waals surface area contributed by atoms with Gasteiger partial charge >= 0.3 is 5.97 Å². The summed E-state index contributed by atoms with van der Waals surface area (Å²) in [5.41, 5.74) is 9.90. The molecule has 0 saturated carbocycles. The number of carbonyl (C=O) groups excluding carboxylic acids is 3. The maximum Gasteiger partial charge on any atom is 0.326 e. The monoisotopic (exact) mass is 618 g/mol. The van der Waals surface area contributed by atoms with Gasteiger partial charge in [0.1, 0.15) is 18.1 Å². The van der Waals surface area contributed by atoms with Gasteiger partial charge in [-0.25, -0.2) is 4.79 Å². The van der Waals surface area contributed by atoms with Crippen LogP contribution in [0.3, 0.4) is 0 Å². The number of hydrogen-bond donors (Lipinski definition) is 6. The molecule has 0 spiro atoms. The zero-order valence-electron chi connectivity index (χ0n) is 24.5. The van der Waals surface area contributed by atoms with Crippen LogP contribution >= 0.6 is 11.8 Å². The minimum absolute atomic E-state index is 0.0769. The summed E-state index contributed by atoms with van der Waals surface area (Å²) in [7, 11) is 0. The first-order valence-electron chi connectivity index (χ1n) is 14.7. The van der Waals surface area contributed by atoms with Gasteiger partial charge in [0.2, 0.25) is 17.7 Å². The van der Waals surface area contributed by atoms with Gasteiger partial charge in [0.15, 0.2) is 0 Å². The van der Waals surface area contributed by atoms with Crippen LogP contribution in [-0.2, 0) is 32.0 Å². The van der Waals surface area contributed by atoms with Gasteiger partial charge in [-0.15, -0.1) is 0 Å². The maximum atomic E-state index is 13.5. The maximum absolute atomic E-state index is 13.5. The van der Waals surface area contributed by atoms with Crippen molar-refractivity contribution in [2.45, 2.75) is 56.3 Å². The third kappa shape index (κ3) is 6.92. The van der Waals surface area contributed by atoms with Crippen molar-refractivity contribution < 1.29 is 24.3 Å². The van der Waals surface area contributed by atoms with E-state index in [9.17, 15) is 24.3 Å². The van der Waals surface area contributed by atoms with Gasteiger partial charge in [-0.1, -0.05) is 36.4 Å². The molecule has 1 aliphatic rings. The number of likely N-dealkylation sites (tertiary alicyclic amines) is 1. The number of aromatic amines is 2. The number of hydrogen-bond acceptors (Lipinski definition) is 6. The molecule has 0 radical (unpaired) electrons. The van der Waals surface area contributed by atoms with Crippen LogP contribution in [0.4, 0.5) is 0 Å². The summed E-state index contributed by atoms with van der Waals surface area (Å²) < 4.78 is 0. The normalized spacial score (nSPS) is 17.0. The predicted octanol–water partition coefficient (Wildman–Crippen LogP) is 2.56. The molecule has 4 unspecified atom stereocenters. The smallest absolute Gasteiger partial charge is 0.326 e. The standard InChI is InChI=1S/C32H38N6O5S/c1-44-14-12-26(29(39)37-27(32(42)43)16-20-18-35-25-10-5-3-8-22(20)25)36-30(40)28-11-6-13-38(28)31(41)23(33)15-19-17-34-24-9-4-2-7-21(19)24/h2-5,7-10,17-18,23,26-28,34-35H,6,11-16,33H2,1H3,(H,36,40)(H,37,39)(H,42,43). The number of para-hydroxylation sites is 2. The number of amides is 3. The molecule has 4 atom stereocenters. The van der Waals surface area contributed by atoms with Crippen LogP contribution in [0.2, 0.25) is 0 Å². The molecule has 3 amide bonds. The molecule has 1 aliphatic heterocycles. The van der Waals surface area contributed by atoms with Gasteiger partial charge < -0.3 is 36.3 Å². The average molecular weight is 619 g/mol.